The zero-order valence-electron chi connectivity index (χ0n) is 20.6. The number of aromatic nitrogens is 3. The maximum Gasteiger partial charge on any atom is 0.0641 e. The summed E-state index contributed by atoms with van der Waals surface area (Å²) in [5.74, 6) is 0. The van der Waals surface area contributed by atoms with Gasteiger partial charge >= 0.3 is 0 Å². The van der Waals surface area contributed by atoms with E-state index in [1.54, 1.807) is 0 Å². The highest BCUT2D eigenvalue weighted by Crippen LogP contribution is 2.41. The number of allylic oxidation sites excluding steroid dienone is 5. The fraction of sp³-hybridized carbons (Fsp3) is 0.0294. The molecule has 3 nitrogen and oxygen atoms in total. The summed E-state index contributed by atoms with van der Waals surface area (Å²) in [5.41, 5.74) is 6.66. The molecular weight excluding hydrogens is 450 g/mol. The summed E-state index contributed by atoms with van der Waals surface area (Å²) in [5, 5.41) is 7.21. The number of nitrogens with zero attached hydrogens (tertiary/aromatic N) is 3. The van der Waals surface area contributed by atoms with Crippen molar-refractivity contribution in [3.63, 3.8) is 0 Å². The highest BCUT2D eigenvalue weighted by molar-refractivity contribution is 6.26. The second-order valence-corrected chi connectivity index (χ2v) is 9.34. The minimum Gasteiger partial charge on any atom is -0.309 e. The molecule has 0 bridgehead atoms. The van der Waals surface area contributed by atoms with Crippen LogP contribution in [-0.2, 0) is 0 Å². The Labute approximate surface area is 214 Å². The van der Waals surface area contributed by atoms with E-state index in [0.29, 0.717) is 0 Å². The predicted octanol–water partition coefficient (Wildman–Crippen LogP) is 9.04. The highest BCUT2D eigenvalue weighted by atomic mass is 15.0. The molecule has 0 radical (unpaired) electrons. The van der Waals surface area contributed by atoms with Crippen LogP contribution in [0.4, 0.5) is 0 Å². The fourth-order valence-corrected chi connectivity index (χ4v) is 5.65. The molecule has 3 heteroatoms. The van der Waals surface area contributed by atoms with E-state index < -0.39 is 0 Å². The van der Waals surface area contributed by atoms with Gasteiger partial charge in [0.15, 0.2) is 0 Å². The van der Waals surface area contributed by atoms with E-state index in [-0.39, 0.29) is 0 Å². The van der Waals surface area contributed by atoms with Crippen molar-refractivity contribution in [2.24, 2.45) is 0 Å². The maximum atomic E-state index is 4.55. The molecule has 4 aromatic carbocycles. The molecule has 0 saturated heterocycles. The Morgan fingerprint density at radius 1 is 0.757 bits per heavy atom. The van der Waals surface area contributed by atoms with Gasteiger partial charge < -0.3 is 9.13 Å². The molecule has 0 unspecified atom stereocenters. The first kappa shape index (κ1) is 21.4. The Kier molecular flexibility index (Phi) is 4.83. The monoisotopic (exact) mass is 475 g/mol. The molecule has 7 rings (SSSR count). The van der Waals surface area contributed by atoms with Crippen molar-refractivity contribution in [1.82, 2.24) is 14.1 Å². The normalized spacial score (nSPS) is 12.4. The third-order valence-corrected chi connectivity index (χ3v) is 7.23. The summed E-state index contributed by atoms with van der Waals surface area (Å²) in [6.45, 7) is 6.49. The molecule has 0 amide bonds. The van der Waals surface area contributed by atoms with E-state index >= 15 is 0 Å². The second-order valence-electron chi connectivity index (χ2n) is 9.34. The summed E-state index contributed by atoms with van der Waals surface area (Å²) >= 11 is 0. The van der Waals surface area contributed by atoms with Crippen LogP contribution in [0.1, 0.15) is 6.92 Å². The molecule has 0 spiro atoms. The summed E-state index contributed by atoms with van der Waals surface area (Å²) in [6, 6.07) is 30.4. The number of benzene rings is 4. The third kappa shape index (κ3) is 3.18. The van der Waals surface area contributed by atoms with Crippen LogP contribution in [0.2, 0.25) is 0 Å². The van der Waals surface area contributed by atoms with Crippen LogP contribution >= 0.6 is 0 Å². The zero-order valence-corrected chi connectivity index (χ0v) is 20.6. The highest BCUT2D eigenvalue weighted by Gasteiger charge is 2.20. The zero-order chi connectivity index (χ0) is 24.9. The fourth-order valence-electron chi connectivity index (χ4n) is 5.65. The Hall–Kier alpha value is -4.89. The molecule has 0 aliphatic carbocycles. The lowest BCUT2D eigenvalue weighted by atomic mass is 10.1. The third-order valence-electron chi connectivity index (χ3n) is 7.23. The number of pyridine rings is 1. The Bertz CT molecular complexity index is 2060. The smallest absolute Gasteiger partial charge is 0.0641 e. The van der Waals surface area contributed by atoms with Crippen molar-refractivity contribution in [1.29, 1.82) is 0 Å². The standard InChI is InChI=1S/C34H25N3/c1-3-4-5-10-23(2)36-30-14-9-8-13-27(30)28-17-18-32-33(34(28)36)29-22-35-20-19-31(29)37(32)26-16-15-24-11-6-7-12-25(24)21-26/h3-22H,2H2,1H3/b4-3-,10-5-. The van der Waals surface area contributed by atoms with Gasteiger partial charge in [-0.15, -0.1) is 0 Å². The van der Waals surface area contributed by atoms with Gasteiger partial charge in [-0.1, -0.05) is 79.4 Å². The average Bonchev–Trinajstić information content (AvgIpc) is 3.46. The van der Waals surface area contributed by atoms with Gasteiger partial charge in [-0.05, 0) is 54.1 Å². The minimum absolute atomic E-state index is 0.923. The molecule has 0 aliphatic rings. The van der Waals surface area contributed by atoms with Gasteiger partial charge in [-0.3, -0.25) is 4.98 Å². The molecule has 0 saturated carbocycles. The second kappa shape index (κ2) is 8.35. The molecule has 0 aliphatic heterocycles. The quantitative estimate of drug-likeness (QED) is 0.233. The van der Waals surface area contributed by atoms with E-state index in [2.05, 4.69) is 112 Å². The molecule has 0 atom stereocenters. The van der Waals surface area contributed by atoms with Gasteiger partial charge in [0.1, 0.15) is 0 Å². The van der Waals surface area contributed by atoms with Gasteiger partial charge in [0.2, 0.25) is 0 Å². The number of rotatable bonds is 4. The Morgan fingerprint density at radius 3 is 2.49 bits per heavy atom. The van der Waals surface area contributed by atoms with E-state index in [4.69, 9.17) is 0 Å². The molecule has 3 aromatic heterocycles. The number of para-hydroxylation sites is 1. The lowest BCUT2D eigenvalue weighted by molar-refractivity contribution is 1.18. The summed E-state index contributed by atoms with van der Waals surface area (Å²) in [4.78, 5) is 4.55. The van der Waals surface area contributed by atoms with Crippen LogP contribution in [0.3, 0.4) is 0 Å². The molecule has 3 heterocycles. The van der Waals surface area contributed by atoms with Crippen LogP contribution in [0.15, 0.2) is 128 Å². The van der Waals surface area contributed by atoms with E-state index in [0.717, 1.165) is 38.8 Å². The van der Waals surface area contributed by atoms with Crippen molar-refractivity contribution < 1.29 is 0 Å². The van der Waals surface area contributed by atoms with Crippen molar-refractivity contribution in [2.75, 3.05) is 0 Å². The van der Waals surface area contributed by atoms with Crippen LogP contribution < -0.4 is 0 Å². The maximum absolute atomic E-state index is 4.55. The number of hydrogen-bond donors (Lipinski definition) is 0. The van der Waals surface area contributed by atoms with Crippen molar-refractivity contribution in [3.05, 3.63) is 128 Å². The average molecular weight is 476 g/mol. The van der Waals surface area contributed by atoms with Crippen LogP contribution in [0, 0.1) is 0 Å². The van der Waals surface area contributed by atoms with Crippen LogP contribution in [0.25, 0.3) is 65.8 Å². The van der Waals surface area contributed by atoms with E-state index in [1.807, 2.05) is 37.5 Å². The van der Waals surface area contributed by atoms with Crippen molar-refractivity contribution >= 4 is 60.1 Å². The molecule has 7 aromatic rings. The molecule has 176 valence electrons. The molecular formula is C34H25N3. The van der Waals surface area contributed by atoms with Crippen molar-refractivity contribution in [3.8, 4) is 5.69 Å². The summed E-state index contributed by atoms with van der Waals surface area (Å²) in [7, 11) is 0. The molecule has 37 heavy (non-hydrogen) atoms. The Morgan fingerprint density at radius 2 is 1.59 bits per heavy atom. The number of hydrogen-bond acceptors (Lipinski definition) is 1. The first-order valence-electron chi connectivity index (χ1n) is 12.5. The predicted molar refractivity (Wildman–Crippen MR) is 158 cm³/mol. The topological polar surface area (TPSA) is 22.8 Å². The Balaban J connectivity index is 1.65. The van der Waals surface area contributed by atoms with Gasteiger partial charge in [0, 0.05) is 45.3 Å². The molecule has 0 N–H and O–H groups in total. The lowest BCUT2D eigenvalue weighted by Crippen LogP contribution is -1.95. The summed E-state index contributed by atoms with van der Waals surface area (Å²) in [6.07, 6.45) is 12.1. The largest absolute Gasteiger partial charge is 0.309 e. The van der Waals surface area contributed by atoms with Gasteiger partial charge in [0.25, 0.3) is 0 Å². The van der Waals surface area contributed by atoms with Crippen LogP contribution in [0.5, 0.6) is 0 Å². The summed E-state index contributed by atoms with van der Waals surface area (Å²) < 4.78 is 4.66. The van der Waals surface area contributed by atoms with Crippen molar-refractivity contribution in [2.45, 2.75) is 6.92 Å². The van der Waals surface area contributed by atoms with E-state index in [1.165, 1.54) is 26.9 Å². The van der Waals surface area contributed by atoms with Gasteiger partial charge in [-0.2, -0.15) is 0 Å². The first-order chi connectivity index (χ1) is 18.3. The van der Waals surface area contributed by atoms with Crippen LogP contribution in [-0.4, -0.2) is 14.1 Å². The van der Waals surface area contributed by atoms with Gasteiger partial charge in [-0.25, -0.2) is 0 Å². The van der Waals surface area contributed by atoms with Gasteiger partial charge in [0.05, 0.1) is 22.1 Å². The lowest BCUT2D eigenvalue weighted by Gasteiger charge is -2.10. The number of fused-ring (bicyclic) bond motifs is 8. The first-order valence-corrected chi connectivity index (χ1v) is 12.5. The minimum atomic E-state index is 0.923. The SMILES string of the molecule is C=C(/C=C\C=C/C)n1c2ccccc2c2ccc3c(c4cnccc4n3-c3ccc4ccccc4c3)c21. The van der Waals surface area contributed by atoms with E-state index in [9.17, 15) is 0 Å². The molecule has 0 fully saturated rings.